The van der Waals surface area contributed by atoms with E-state index < -0.39 is 6.10 Å². The van der Waals surface area contributed by atoms with Crippen molar-refractivity contribution in [2.45, 2.75) is 25.4 Å². The third-order valence-corrected chi connectivity index (χ3v) is 2.89. The Balaban J connectivity index is 2.15. The van der Waals surface area contributed by atoms with Gasteiger partial charge in [-0.2, -0.15) is 5.10 Å². The van der Waals surface area contributed by atoms with E-state index in [1.165, 1.54) is 0 Å². The van der Waals surface area contributed by atoms with E-state index in [1.54, 1.807) is 6.20 Å². The predicted molar refractivity (Wildman–Crippen MR) is 71.7 cm³/mol. The van der Waals surface area contributed by atoms with E-state index >= 15 is 0 Å². The molecule has 0 saturated carbocycles. The van der Waals surface area contributed by atoms with E-state index in [0.717, 1.165) is 23.2 Å². The zero-order chi connectivity index (χ0) is 12.8. The highest BCUT2D eigenvalue weighted by Crippen LogP contribution is 2.28. The Kier molecular flexibility index (Phi) is 4.16. The number of aromatic amines is 1. The van der Waals surface area contributed by atoms with Crippen molar-refractivity contribution in [2.75, 3.05) is 0 Å². The van der Waals surface area contributed by atoms with Crippen molar-refractivity contribution in [1.29, 1.82) is 0 Å². The largest absolute Gasteiger partial charge is 0.388 e. The molecule has 0 fully saturated rings. The van der Waals surface area contributed by atoms with Crippen molar-refractivity contribution in [1.82, 2.24) is 10.2 Å². The van der Waals surface area contributed by atoms with Crippen LogP contribution in [0.25, 0.3) is 11.3 Å². The quantitative estimate of drug-likeness (QED) is 0.623. The smallest absolute Gasteiger partial charge is 0.0827 e. The second-order valence-corrected chi connectivity index (χ2v) is 4.18. The zero-order valence-electron chi connectivity index (χ0n) is 10.1. The number of aliphatic hydroxyl groups is 1. The molecule has 0 radical (unpaired) electrons. The van der Waals surface area contributed by atoms with Crippen LogP contribution in [-0.4, -0.2) is 15.3 Å². The Bertz CT molecular complexity index is 525. The van der Waals surface area contributed by atoms with Gasteiger partial charge >= 0.3 is 0 Å². The molecular weight excluding hydrogens is 224 g/mol. The molecule has 18 heavy (non-hydrogen) atoms. The fourth-order valence-corrected chi connectivity index (χ4v) is 1.94. The molecule has 0 aliphatic heterocycles. The molecule has 2 aromatic rings. The van der Waals surface area contributed by atoms with E-state index in [-0.39, 0.29) is 0 Å². The van der Waals surface area contributed by atoms with Crippen molar-refractivity contribution in [3.8, 4) is 23.6 Å². The van der Waals surface area contributed by atoms with Gasteiger partial charge in [0, 0.05) is 12.0 Å². The Hall–Kier alpha value is -2.05. The molecule has 2 N–H and O–H groups in total. The Labute approximate surface area is 107 Å². The highest BCUT2D eigenvalue weighted by molar-refractivity contribution is 5.62. The van der Waals surface area contributed by atoms with Crippen LogP contribution in [-0.2, 0) is 0 Å². The summed E-state index contributed by atoms with van der Waals surface area (Å²) in [6.07, 6.45) is 8.53. The fourth-order valence-electron chi connectivity index (χ4n) is 1.94. The van der Waals surface area contributed by atoms with Gasteiger partial charge in [-0.1, -0.05) is 30.3 Å². The Morgan fingerprint density at radius 3 is 2.83 bits per heavy atom. The van der Waals surface area contributed by atoms with E-state index in [0.29, 0.717) is 12.8 Å². The lowest BCUT2D eigenvalue weighted by atomic mass is 10.0. The molecule has 0 aliphatic carbocycles. The van der Waals surface area contributed by atoms with Crippen LogP contribution in [0.2, 0.25) is 0 Å². The summed E-state index contributed by atoms with van der Waals surface area (Å²) in [5.41, 5.74) is 2.74. The number of aliphatic hydroxyl groups excluding tert-OH is 1. The van der Waals surface area contributed by atoms with Gasteiger partial charge in [0.15, 0.2) is 0 Å². The van der Waals surface area contributed by atoms with Crippen LogP contribution in [0.1, 0.15) is 30.9 Å². The first-order valence-electron chi connectivity index (χ1n) is 6.03. The van der Waals surface area contributed by atoms with Gasteiger partial charge in [-0.3, -0.25) is 5.10 Å². The first-order chi connectivity index (χ1) is 8.83. The number of unbranched alkanes of at least 4 members (excludes halogenated alkanes) is 1. The number of H-pyrrole nitrogens is 1. The molecule has 1 aromatic carbocycles. The average Bonchev–Trinajstić information content (AvgIpc) is 2.89. The number of nitrogens with one attached hydrogen (secondary N) is 1. The minimum atomic E-state index is -0.521. The van der Waals surface area contributed by atoms with Gasteiger partial charge in [0.2, 0.25) is 0 Å². The number of nitrogens with zero attached hydrogens (tertiary/aromatic N) is 1. The average molecular weight is 240 g/mol. The summed E-state index contributed by atoms with van der Waals surface area (Å²) < 4.78 is 0. The second kappa shape index (κ2) is 6.04. The standard InChI is InChI=1S/C15H16N2O/c1-2-3-5-10-14(18)13-11-16-17-15(13)12-8-6-4-7-9-12/h1,4,6-9,11,14,18H,3,5,10H2,(H,16,17). The van der Waals surface area contributed by atoms with Crippen molar-refractivity contribution in [3.63, 3.8) is 0 Å². The summed E-state index contributed by atoms with van der Waals surface area (Å²) in [5.74, 6) is 2.58. The highest BCUT2D eigenvalue weighted by atomic mass is 16.3. The van der Waals surface area contributed by atoms with Gasteiger partial charge in [-0.15, -0.1) is 12.3 Å². The van der Waals surface area contributed by atoms with Gasteiger partial charge in [0.25, 0.3) is 0 Å². The molecule has 2 rings (SSSR count). The zero-order valence-corrected chi connectivity index (χ0v) is 10.1. The molecule has 1 heterocycles. The van der Waals surface area contributed by atoms with E-state index in [9.17, 15) is 5.11 Å². The van der Waals surface area contributed by atoms with E-state index in [4.69, 9.17) is 6.42 Å². The van der Waals surface area contributed by atoms with Crippen LogP contribution in [0.15, 0.2) is 36.5 Å². The number of rotatable bonds is 5. The maximum absolute atomic E-state index is 10.1. The van der Waals surface area contributed by atoms with E-state index in [1.807, 2.05) is 30.3 Å². The van der Waals surface area contributed by atoms with Crippen LogP contribution in [0.5, 0.6) is 0 Å². The fraction of sp³-hybridized carbons (Fsp3) is 0.267. The molecular formula is C15H16N2O. The molecule has 0 saturated heterocycles. The van der Waals surface area contributed by atoms with Gasteiger partial charge < -0.3 is 5.11 Å². The number of terminal acetylenes is 1. The molecule has 0 spiro atoms. The monoisotopic (exact) mass is 240 g/mol. The molecule has 1 unspecified atom stereocenters. The molecule has 1 aromatic heterocycles. The summed E-state index contributed by atoms with van der Waals surface area (Å²) in [4.78, 5) is 0. The molecule has 3 heteroatoms. The van der Waals surface area contributed by atoms with Gasteiger partial charge in [0.1, 0.15) is 0 Å². The minimum absolute atomic E-state index is 0.521. The van der Waals surface area contributed by atoms with Crippen LogP contribution in [0.4, 0.5) is 0 Å². The van der Waals surface area contributed by atoms with Gasteiger partial charge in [0.05, 0.1) is 18.0 Å². The third kappa shape index (κ3) is 2.79. The molecule has 0 bridgehead atoms. The second-order valence-electron chi connectivity index (χ2n) is 4.18. The molecule has 1 atom stereocenters. The molecule has 0 aliphatic rings. The topological polar surface area (TPSA) is 48.9 Å². The third-order valence-electron chi connectivity index (χ3n) is 2.89. The molecule has 0 amide bonds. The predicted octanol–water partition coefficient (Wildman–Crippen LogP) is 2.91. The van der Waals surface area contributed by atoms with Gasteiger partial charge in [-0.25, -0.2) is 0 Å². The van der Waals surface area contributed by atoms with Crippen molar-refractivity contribution >= 4 is 0 Å². The Morgan fingerprint density at radius 1 is 1.33 bits per heavy atom. The van der Waals surface area contributed by atoms with Crippen molar-refractivity contribution in [3.05, 3.63) is 42.1 Å². The summed E-state index contributed by atoms with van der Waals surface area (Å²) in [5, 5.41) is 17.1. The normalized spacial score (nSPS) is 12.0. The van der Waals surface area contributed by atoms with Crippen molar-refractivity contribution in [2.24, 2.45) is 0 Å². The summed E-state index contributed by atoms with van der Waals surface area (Å²) >= 11 is 0. The minimum Gasteiger partial charge on any atom is -0.388 e. The Morgan fingerprint density at radius 2 is 2.11 bits per heavy atom. The summed E-state index contributed by atoms with van der Waals surface area (Å²) in [7, 11) is 0. The first-order valence-corrected chi connectivity index (χ1v) is 6.03. The first kappa shape index (κ1) is 12.4. The number of aromatic nitrogens is 2. The van der Waals surface area contributed by atoms with Crippen LogP contribution in [0.3, 0.4) is 0 Å². The maximum atomic E-state index is 10.1. The van der Waals surface area contributed by atoms with Crippen LogP contribution < -0.4 is 0 Å². The number of hydrogen-bond acceptors (Lipinski definition) is 2. The highest BCUT2D eigenvalue weighted by Gasteiger charge is 2.15. The van der Waals surface area contributed by atoms with Crippen molar-refractivity contribution < 1.29 is 5.11 Å². The lowest BCUT2D eigenvalue weighted by Gasteiger charge is -2.10. The molecule has 3 nitrogen and oxygen atoms in total. The van der Waals surface area contributed by atoms with E-state index in [2.05, 4.69) is 16.1 Å². The lowest BCUT2D eigenvalue weighted by Crippen LogP contribution is -1.98. The summed E-state index contributed by atoms with van der Waals surface area (Å²) in [6, 6.07) is 9.87. The number of hydrogen-bond donors (Lipinski definition) is 2. The van der Waals surface area contributed by atoms with Crippen LogP contribution >= 0.6 is 0 Å². The SMILES string of the molecule is C#CCCCC(O)c1cn[nH]c1-c1ccccc1. The van der Waals surface area contributed by atoms with Gasteiger partial charge in [-0.05, 0) is 18.4 Å². The van der Waals surface area contributed by atoms with Crippen LogP contribution in [0, 0.1) is 12.3 Å². The summed E-state index contributed by atoms with van der Waals surface area (Å²) in [6.45, 7) is 0. The molecule has 92 valence electrons. The lowest BCUT2D eigenvalue weighted by molar-refractivity contribution is 0.166. The maximum Gasteiger partial charge on any atom is 0.0827 e. The number of benzene rings is 1.